The number of likely N-dealkylation sites (N-methyl/N-ethyl adjacent to an activating group) is 1. The molecule has 2 aromatic rings. The molecule has 2 aromatic carbocycles. The average molecular weight is 495 g/mol. The molecule has 33 heavy (non-hydrogen) atoms. The van der Waals surface area contributed by atoms with Gasteiger partial charge in [-0.15, -0.1) is 0 Å². The lowest BCUT2D eigenvalue weighted by molar-refractivity contribution is -0.116. The minimum Gasteiger partial charge on any atom is -0.497 e. The fourth-order valence-corrected chi connectivity index (χ4v) is 5.04. The summed E-state index contributed by atoms with van der Waals surface area (Å²) in [5.74, 6) is 0.410. The van der Waals surface area contributed by atoms with Gasteiger partial charge in [0.25, 0.3) is 0 Å². The number of ether oxygens (including phenoxy) is 1. The Morgan fingerprint density at radius 1 is 1.12 bits per heavy atom. The number of nitrogens with zero attached hydrogens (tertiary/aromatic N) is 3. The lowest BCUT2D eigenvalue weighted by Gasteiger charge is -2.35. The van der Waals surface area contributed by atoms with E-state index in [-0.39, 0.29) is 23.8 Å². The molecule has 0 radical (unpaired) electrons. The second-order valence-electron chi connectivity index (χ2n) is 8.11. The molecule has 1 amide bonds. The van der Waals surface area contributed by atoms with Crippen LogP contribution < -0.4 is 15.0 Å². The summed E-state index contributed by atoms with van der Waals surface area (Å²) in [6, 6.07) is 11.7. The lowest BCUT2D eigenvalue weighted by atomic mass is 10.2. The molecule has 0 unspecified atom stereocenters. The molecule has 1 N–H and O–H groups in total. The highest BCUT2D eigenvalue weighted by atomic mass is 35.5. The van der Waals surface area contributed by atoms with Crippen LogP contribution in [0.5, 0.6) is 5.75 Å². The van der Waals surface area contributed by atoms with Gasteiger partial charge in [0.1, 0.15) is 5.75 Å². The summed E-state index contributed by atoms with van der Waals surface area (Å²) in [5, 5.41) is 3.51. The van der Waals surface area contributed by atoms with Crippen molar-refractivity contribution in [1.82, 2.24) is 9.21 Å². The maximum Gasteiger partial charge on any atom is 0.242 e. The number of piperazine rings is 1. The molecule has 1 heterocycles. The number of amides is 1. The zero-order valence-corrected chi connectivity index (χ0v) is 20.8. The minimum atomic E-state index is -3.63. The van der Waals surface area contributed by atoms with Crippen LogP contribution in [0.4, 0.5) is 11.4 Å². The van der Waals surface area contributed by atoms with E-state index in [9.17, 15) is 13.2 Å². The van der Waals surface area contributed by atoms with Gasteiger partial charge in [-0.3, -0.25) is 4.79 Å². The van der Waals surface area contributed by atoms with E-state index in [1.807, 2.05) is 12.1 Å². The number of carbonyl (C=O) groups is 1. The number of sulfonamides is 1. The molecular weight excluding hydrogens is 464 g/mol. The van der Waals surface area contributed by atoms with Crippen LogP contribution in [0, 0.1) is 0 Å². The standard InChI is InChI=1S/C23H31ClN4O4S/c1-26-13-15-28(16-14-26)22-11-6-18(24)17-21(22)25-23(29)5-4-12-27(2)33(30,31)20-9-7-19(32-3)8-10-20/h6-11,17H,4-5,12-16H2,1-3H3,(H,25,29). The molecule has 3 rings (SSSR count). The molecule has 0 saturated carbocycles. The second-order valence-corrected chi connectivity index (χ2v) is 10.6. The Morgan fingerprint density at radius 3 is 2.42 bits per heavy atom. The topological polar surface area (TPSA) is 82.2 Å². The largest absolute Gasteiger partial charge is 0.497 e. The van der Waals surface area contributed by atoms with E-state index in [4.69, 9.17) is 16.3 Å². The van der Waals surface area contributed by atoms with Crippen molar-refractivity contribution in [2.24, 2.45) is 0 Å². The monoisotopic (exact) mass is 494 g/mol. The van der Waals surface area contributed by atoms with Crippen LogP contribution in [-0.4, -0.2) is 77.5 Å². The highest BCUT2D eigenvalue weighted by molar-refractivity contribution is 7.89. The Balaban J connectivity index is 1.56. The number of halogens is 1. The van der Waals surface area contributed by atoms with Crippen LogP contribution >= 0.6 is 11.6 Å². The van der Waals surface area contributed by atoms with Gasteiger partial charge in [-0.25, -0.2) is 12.7 Å². The molecule has 0 aliphatic carbocycles. The fraction of sp³-hybridized carbons (Fsp3) is 0.435. The van der Waals surface area contributed by atoms with E-state index < -0.39 is 10.0 Å². The van der Waals surface area contributed by atoms with Gasteiger partial charge in [-0.2, -0.15) is 0 Å². The first-order valence-corrected chi connectivity index (χ1v) is 12.7. The van der Waals surface area contributed by atoms with E-state index in [1.54, 1.807) is 18.2 Å². The van der Waals surface area contributed by atoms with Crippen molar-refractivity contribution in [3.63, 3.8) is 0 Å². The predicted molar refractivity (Wildman–Crippen MR) is 132 cm³/mol. The Morgan fingerprint density at radius 2 is 1.79 bits per heavy atom. The molecule has 1 fully saturated rings. The lowest BCUT2D eigenvalue weighted by Crippen LogP contribution is -2.44. The molecule has 10 heteroatoms. The number of nitrogens with one attached hydrogen (secondary N) is 1. The van der Waals surface area contributed by atoms with E-state index >= 15 is 0 Å². The Bertz CT molecular complexity index is 1050. The van der Waals surface area contributed by atoms with Crippen molar-refractivity contribution in [3.05, 3.63) is 47.5 Å². The van der Waals surface area contributed by atoms with Gasteiger partial charge in [-0.05, 0) is 55.9 Å². The normalized spacial score (nSPS) is 15.0. The van der Waals surface area contributed by atoms with Crippen LogP contribution in [0.2, 0.25) is 5.02 Å². The van der Waals surface area contributed by atoms with Gasteiger partial charge in [0, 0.05) is 51.2 Å². The van der Waals surface area contributed by atoms with Gasteiger partial charge in [-0.1, -0.05) is 11.6 Å². The molecule has 0 aromatic heterocycles. The van der Waals surface area contributed by atoms with E-state index in [2.05, 4.69) is 22.2 Å². The van der Waals surface area contributed by atoms with Crippen LogP contribution in [-0.2, 0) is 14.8 Å². The van der Waals surface area contributed by atoms with E-state index in [1.165, 1.54) is 30.6 Å². The highest BCUT2D eigenvalue weighted by Gasteiger charge is 2.21. The first-order chi connectivity index (χ1) is 15.7. The number of hydrogen-bond donors (Lipinski definition) is 1. The summed E-state index contributed by atoms with van der Waals surface area (Å²) in [7, 11) is 1.50. The zero-order valence-electron chi connectivity index (χ0n) is 19.3. The van der Waals surface area contributed by atoms with Crippen molar-refractivity contribution in [1.29, 1.82) is 0 Å². The smallest absolute Gasteiger partial charge is 0.242 e. The van der Waals surface area contributed by atoms with Crippen molar-refractivity contribution in [2.75, 3.05) is 64.1 Å². The fourth-order valence-electron chi connectivity index (χ4n) is 3.65. The van der Waals surface area contributed by atoms with E-state index in [0.29, 0.717) is 22.9 Å². The number of rotatable bonds is 9. The van der Waals surface area contributed by atoms with Gasteiger partial charge >= 0.3 is 0 Å². The Kier molecular flexibility index (Phi) is 8.58. The molecule has 180 valence electrons. The summed E-state index contributed by atoms with van der Waals surface area (Å²) in [4.78, 5) is 17.3. The van der Waals surface area contributed by atoms with Crippen LogP contribution in [0.15, 0.2) is 47.4 Å². The molecule has 0 spiro atoms. The van der Waals surface area contributed by atoms with E-state index in [0.717, 1.165) is 31.9 Å². The van der Waals surface area contributed by atoms with Crippen LogP contribution in [0.3, 0.4) is 0 Å². The van der Waals surface area contributed by atoms with Crippen molar-refractivity contribution >= 4 is 38.9 Å². The van der Waals surface area contributed by atoms with Gasteiger partial charge in [0.15, 0.2) is 0 Å². The van der Waals surface area contributed by atoms with Crippen molar-refractivity contribution in [2.45, 2.75) is 17.7 Å². The molecule has 0 bridgehead atoms. The summed E-state index contributed by atoms with van der Waals surface area (Å²) in [5.41, 5.74) is 1.62. The number of hydrogen-bond acceptors (Lipinski definition) is 6. The molecule has 1 aliphatic rings. The minimum absolute atomic E-state index is 0.178. The highest BCUT2D eigenvalue weighted by Crippen LogP contribution is 2.30. The predicted octanol–water partition coefficient (Wildman–Crippen LogP) is 3.14. The maximum absolute atomic E-state index is 12.7. The molecule has 0 atom stereocenters. The van der Waals surface area contributed by atoms with Crippen molar-refractivity contribution < 1.29 is 17.9 Å². The average Bonchev–Trinajstić information content (AvgIpc) is 2.80. The summed E-state index contributed by atoms with van der Waals surface area (Å²) in [6.45, 7) is 3.86. The van der Waals surface area contributed by atoms with Gasteiger partial charge < -0.3 is 19.9 Å². The third kappa shape index (κ3) is 6.60. The summed E-state index contributed by atoms with van der Waals surface area (Å²) >= 11 is 6.18. The molecule has 8 nitrogen and oxygen atoms in total. The molecular formula is C23H31ClN4O4S. The molecule has 1 aliphatic heterocycles. The van der Waals surface area contributed by atoms with Gasteiger partial charge in [0.05, 0.1) is 23.4 Å². The number of carbonyl (C=O) groups excluding carboxylic acids is 1. The number of anilines is 2. The number of benzene rings is 2. The summed E-state index contributed by atoms with van der Waals surface area (Å²) in [6.07, 6.45) is 0.583. The van der Waals surface area contributed by atoms with Crippen molar-refractivity contribution in [3.8, 4) is 5.75 Å². The summed E-state index contributed by atoms with van der Waals surface area (Å²) < 4.78 is 31.8. The first kappa shape index (κ1) is 25.3. The molecule has 1 saturated heterocycles. The second kappa shape index (κ2) is 11.2. The Hall–Kier alpha value is -2.33. The maximum atomic E-state index is 12.7. The first-order valence-electron chi connectivity index (χ1n) is 10.8. The van der Waals surface area contributed by atoms with Gasteiger partial charge in [0.2, 0.25) is 15.9 Å². The van der Waals surface area contributed by atoms with Crippen LogP contribution in [0.1, 0.15) is 12.8 Å². The Labute approximate surface area is 201 Å². The van der Waals surface area contributed by atoms with Crippen LogP contribution in [0.25, 0.3) is 0 Å². The number of methoxy groups -OCH3 is 1. The zero-order chi connectivity index (χ0) is 24.0. The third-order valence-corrected chi connectivity index (χ3v) is 7.83. The SMILES string of the molecule is COc1ccc(S(=O)(=O)N(C)CCCC(=O)Nc2cc(Cl)ccc2N2CCN(C)CC2)cc1. The quantitative estimate of drug-likeness (QED) is 0.576. The third-order valence-electron chi connectivity index (χ3n) is 5.72.